The van der Waals surface area contributed by atoms with Crippen LogP contribution in [0.4, 0.5) is 5.69 Å². The van der Waals surface area contributed by atoms with Crippen LogP contribution in [0.15, 0.2) is 24.3 Å². The van der Waals surface area contributed by atoms with E-state index in [9.17, 15) is 9.59 Å². The number of hydrogen-bond donors (Lipinski definition) is 1. The molecule has 0 unspecified atom stereocenters. The molecular formula is C19H29N3O2. The van der Waals surface area contributed by atoms with E-state index in [4.69, 9.17) is 0 Å². The predicted octanol–water partition coefficient (Wildman–Crippen LogP) is 2.20. The van der Waals surface area contributed by atoms with Crippen LogP contribution in [0.5, 0.6) is 0 Å². The number of hydrogen-bond acceptors (Lipinski definition) is 3. The third-order valence-corrected chi connectivity index (χ3v) is 4.69. The number of nitrogens with zero attached hydrogens (tertiary/aromatic N) is 2. The fraction of sp³-hybridized carbons (Fsp3) is 0.579. The molecule has 5 nitrogen and oxygen atoms in total. The molecule has 1 aliphatic rings. The lowest BCUT2D eigenvalue weighted by atomic mass is 10.1. The first-order chi connectivity index (χ1) is 11.6. The molecule has 1 aliphatic heterocycles. The summed E-state index contributed by atoms with van der Waals surface area (Å²) in [5, 5.41) is 3.01. The molecule has 0 saturated heterocycles. The van der Waals surface area contributed by atoms with Crippen LogP contribution in [-0.4, -0.2) is 48.9 Å². The molecule has 0 bridgehead atoms. The highest BCUT2D eigenvalue weighted by molar-refractivity contribution is 6.03. The van der Waals surface area contributed by atoms with E-state index < -0.39 is 6.04 Å². The molecule has 0 saturated carbocycles. The van der Waals surface area contributed by atoms with Gasteiger partial charge in [-0.3, -0.25) is 14.5 Å². The second kappa shape index (κ2) is 8.83. The van der Waals surface area contributed by atoms with Crippen molar-refractivity contribution in [3.05, 3.63) is 29.8 Å². The summed E-state index contributed by atoms with van der Waals surface area (Å²) < 4.78 is 0. The number of rotatable bonds is 8. The van der Waals surface area contributed by atoms with Gasteiger partial charge in [-0.25, -0.2) is 0 Å². The van der Waals surface area contributed by atoms with Gasteiger partial charge in [0.15, 0.2) is 0 Å². The van der Waals surface area contributed by atoms with Crippen molar-refractivity contribution in [1.82, 2.24) is 10.2 Å². The Bertz CT molecular complexity index is 569. The standard InChI is InChI=1S/C19H29N3O2/c1-4-18(23)22-16-11-8-7-10-15(16)14-17(22)19(24)20-12-9-13-21(5-2)6-3/h7-8,10-11,17H,4-6,9,12-14H2,1-3H3,(H,20,24)/t17-/m0/s1. The smallest absolute Gasteiger partial charge is 0.243 e. The number of carbonyl (C=O) groups is 2. The average Bonchev–Trinajstić information content (AvgIpc) is 3.00. The summed E-state index contributed by atoms with van der Waals surface area (Å²) in [5.41, 5.74) is 1.95. The molecule has 0 radical (unpaired) electrons. The molecule has 5 heteroatoms. The fourth-order valence-electron chi connectivity index (χ4n) is 3.25. The van der Waals surface area contributed by atoms with Crippen LogP contribution < -0.4 is 10.2 Å². The highest BCUT2D eigenvalue weighted by atomic mass is 16.2. The van der Waals surface area contributed by atoms with E-state index in [0.717, 1.165) is 37.3 Å². The summed E-state index contributed by atoms with van der Waals surface area (Å²) in [6, 6.07) is 7.38. The largest absolute Gasteiger partial charge is 0.354 e. The molecule has 1 aromatic carbocycles. The molecule has 1 heterocycles. The van der Waals surface area contributed by atoms with Gasteiger partial charge in [-0.05, 0) is 37.7 Å². The monoisotopic (exact) mass is 331 g/mol. The van der Waals surface area contributed by atoms with Crippen molar-refractivity contribution < 1.29 is 9.59 Å². The Kier molecular flexibility index (Phi) is 6.79. The molecule has 0 fully saturated rings. The van der Waals surface area contributed by atoms with Crippen molar-refractivity contribution >= 4 is 17.5 Å². The van der Waals surface area contributed by atoms with Crippen LogP contribution in [0, 0.1) is 0 Å². The fourth-order valence-corrected chi connectivity index (χ4v) is 3.25. The Morgan fingerprint density at radius 1 is 1.21 bits per heavy atom. The summed E-state index contributed by atoms with van der Waals surface area (Å²) in [6.07, 6.45) is 1.93. The zero-order valence-electron chi connectivity index (χ0n) is 15.0. The van der Waals surface area contributed by atoms with Gasteiger partial charge in [0, 0.05) is 25.1 Å². The highest BCUT2D eigenvalue weighted by Crippen LogP contribution is 2.32. The van der Waals surface area contributed by atoms with E-state index in [2.05, 4.69) is 24.1 Å². The van der Waals surface area contributed by atoms with Crippen molar-refractivity contribution in [3.63, 3.8) is 0 Å². The lowest BCUT2D eigenvalue weighted by molar-refractivity contribution is -0.126. The second-order valence-electron chi connectivity index (χ2n) is 6.14. The molecule has 0 aliphatic carbocycles. The van der Waals surface area contributed by atoms with Gasteiger partial charge in [0.05, 0.1) is 0 Å². The molecular weight excluding hydrogens is 302 g/mol. The molecule has 1 atom stereocenters. The van der Waals surface area contributed by atoms with Crippen molar-refractivity contribution in [2.24, 2.45) is 0 Å². The molecule has 1 aromatic rings. The van der Waals surface area contributed by atoms with Crippen LogP contribution in [0.3, 0.4) is 0 Å². The quantitative estimate of drug-likeness (QED) is 0.743. The molecule has 1 N–H and O–H groups in total. The number of para-hydroxylation sites is 1. The van der Waals surface area contributed by atoms with Gasteiger partial charge in [0.2, 0.25) is 11.8 Å². The molecule has 0 aromatic heterocycles. The van der Waals surface area contributed by atoms with Crippen LogP contribution in [0.2, 0.25) is 0 Å². The Balaban J connectivity index is 1.95. The Morgan fingerprint density at radius 3 is 2.58 bits per heavy atom. The summed E-state index contributed by atoms with van der Waals surface area (Å²) >= 11 is 0. The van der Waals surface area contributed by atoms with Crippen molar-refractivity contribution in [2.75, 3.05) is 31.1 Å². The lowest BCUT2D eigenvalue weighted by Crippen LogP contribution is -2.48. The third kappa shape index (κ3) is 4.15. The zero-order chi connectivity index (χ0) is 17.5. The van der Waals surface area contributed by atoms with Gasteiger partial charge in [0.1, 0.15) is 6.04 Å². The Hall–Kier alpha value is -1.88. The number of nitrogens with one attached hydrogen (secondary N) is 1. The minimum atomic E-state index is -0.414. The number of carbonyl (C=O) groups excluding carboxylic acids is 2. The third-order valence-electron chi connectivity index (χ3n) is 4.69. The van der Waals surface area contributed by atoms with E-state index in [-0.39, 0.29) is 11.8 Å². The first-order valence-electron chi connectivity index (χ1n) is 9.02. The zero-order valence-corrected chi connectivity index (χ0v) is 15.0. The number of anilines is 1. The van der Waals surface area contributed by atoms with Crippen molar-refractivity contribution in [1.29, 1.82) is 0 Å². The van der Waals surface area contributed by atoms with Crippen LogP contribution in [-0.2, 0) is 16.0 Å². The maximum Gasteiger partial charge on any atom is 0.243 e. The maximum atomic E-state index is 12.6. The van der Waals surface area contributed by atoms with E-state index in [1.165, 1.54) is 0 Å². The number of benzene rings is 1. The van der Waals surface area contributed by atoms with Gasteiger partial charge in [-0.2, -0.15) is 0 Å². The van der Waals surface area contributed by atoms with Crippen LogP contribution in [0.1, 0.15) is 39.2 Å². The summed E-state index contributed by atoms with van der Waals surface area (Å²) in [4.78, 5) is 29.0. The van der Waals surface area contributed by atoms with Gasteiger partial charge in [0.25, 0.3) is 0 Å². The Morgan fingerprint density at radius 2 is 1.92 bits per heavy atom. The molecule has 24 heavy (non-hydrogen) atoms. The van der Waals surface area contributed by atoms with Gasteiger partial charge in [-0.1, -0.05) is 39.0 Å². The summed E-state index contributed by atoms with van der Waals surface area (Å²) in [5.74, 6) is -0.0456. The molecule has 132 valence electrons. The van der Waals surface area contributed by atoms with E-state index in [1.807, 2.05) is 31.2 Å². The van der Waals surface area contributed by atoms with Crippen molar-refractivity contribution in [3.8, 4) is 0 Å². The lowest BCUT2D eigenvalue weighted by Gasteiger charge is -2.25. The molecule has 2 amide bonds. The SMILES string of the molecule is CCC(=O)N1c2ccccc2C[C@H]1C(=O)NCCCN(CC)CC. The van der Waals surface area contributed by atoms with Crippen molar-refractivity contribution in [2.45, 2.75) is 46.1 Å². The van der Waals surface area contributed by atoms with Gasteiger partial charge in [-0.15, -0.1) is 0 Å². The van der Waals surface area contributed by atoms with Gasteiger partial charge < -0.3 is 10.2 Å². The topological polar surface area (TPSA) is 52.7 Å². The van der Waals surface area contributed by atoms with Crippen LogP contribution in [0.25, 0.3) is 0 Å². The maximum absolute atomic E-state index is 12.6. The average molecular weight is 331 g/mol. The first-order valence-corrected chi connectivity index (χ1v) is 9.02. The van der Waals surface area contributed by atoms with E-state index in [1.54, 1.807) is 4.90 Å². The number of amides is 2. The molecule has 2 rings (SSSR count). The van der Waals surface area contributed by atoms with Gasteiger partial charge >= 0.3 is 0 Å². The minimum Gasteiger partial charge on any atom is -0.354 e. The summed E-state index contributed by atoms with van der Waals surface area (Å²) in [6.45, 7) is 9.81. The minimum absolute atomic E-state index is 0.00300. The Labute approximate surface area is 145 Å². The summed E-state index contributed by atoms with van der Waals surface area (Å²) in [7, 11) is 0. The first kappa shape index (κ1) is 18.5. The number of fused-ring (bicyclic) bond motifs is 1. The predicted molar refractivity (Wildman–Crippen MR) is 97.1 cm³/mol. The van der Waals surface area contributed by atoms with E-state index in [0.29, 0.717) is 19.4 Å². The van der Waals surface area contributed by atoms with Crippen LogP contribution >= 0.6 is 0 Å². The second-order valence-corrected chi connectivity index (χ2v) is 6.14. The molecule has 0 spiro atoms. The van der Waals surface area contributed by atoms with E-state index >= 15 is 0 Å². The normalized spacial score (nSPS) is 16.3. The highest BCUT2D eigenvalue weighted by Gasteiger charge is 2.37.